The van der Waals surface area contributed by atoms with Crippen LogP contribution in [0, 0.1) is 0 Å². The lowest BCUT2D eigenvalue weighted by Gasteiger charge is -2.35. The summed E-state index contributed by atoms with van der Waals surface area (Å²) in [6.45, 7) is 2.55. The molecular formula is C14H22N4. The highest BCUT2D eigenvalue weighted by molar-refractivity contribution is 5.45. The number of rotatable bonds is 3. The first-order valence-corrected chi connectivity index (χ1v) is 7.00. The van der Waals surface area contributed by atoms with Crippen molar-refractivity contribution in [3.05, 3.63) is 18.2 Å². The van der Waals surface area contributed by atoms with Crippen LogP contribution in [-0.4, -0.2) is 42.1 Å². The van der Waals surface area contributed by atoms with Crippen LogP contribution >= 0.6 is 0 Å². The number of anilines is 2. The quantitative estimate of drug-likeness (QED) is 0.857. The van der Waals surface area contributed by atoms with E-state index in [1.165, 1.54) is 38.8 Å². The second-order valence-electron chi connectivity index (χ2n) is 5.36. The van der Waals surface area contributed by atoms with Crippen LogP contribution in [0.25, 0.3) is 0 Å². The number of hydrogen-bond donors (Lipinski definition) is 2. The molecule has 4 heteroatoms. The molecular weight excluding hydrogens is 224 g/mol. The van der Waals surface area contributed by atoms with Crippen molar-refractivity contribution in [1.29, 1.82) is 0 Å². The molecule has 0 saturated carbocycles. The Morgan fingerprint density at radius 1 is 1.22 bits per heavy atom. The highest BCUT2D eigenvalue weighted by Gasteiger charge is 2.31. The van der Waals surface area contributed by atoms with Crippen LogP contribution in [0.3, 0.4) is 0 Å². The van der Waals surface area contributed by atoms with Crippen LogP contribution in [0.5, 0.6) is 0 Å². The summed E-state index contributed by atoms with van der Waals surface area (Å²) in [5.41, 5.74) is 0. The molecule has 0 radical (unpaired) electrons. The molecule has 0 aromatic carbocycles. The molecule has 2 fully saturated rings. The fourth-order valence-corrected chi connectivity index (χ4v) is 3.22. The third-order valence-electron chi connectivity index (χ3n) is 4.18. The minimum Gasteiger partial charge on any atom is -0.373 e. The van der Waals surface area contributed by atoms with Gasteiger partial charge in [-0.15, -0.1) is 0 Å². The van der Waals surface area contributed by atoms with Gasteiger partial charge in [0.05, 0.1) is 0 Å². The Hall–Kier alpha value is -1.29. The van der Waals surface area contributed by atoms with Gasteiger partial charge in [0.15, 0.2) is 0 Å². The molecule has 18 heavy (non-hydrogen) atoms. The van der Waals surface area contributed by atoms with E-state index in [9.17, 15) is 0 Å². The number of fused-ring (bicyclic) bond motifs is 1. The van der Waals surface area contributed by atoms with Gasteiger partial charge in [0.1, 0.15) is 11.6 Å². The van der Waals surface area contributed by atoms with E-state index in [0.717, 1.165) is 17.7 Å². The summed E-state index contributed by atoms with van der Waals surface area (Å²) < 4.78 is 0. The third-order valence-corrected chi connectivity index (χ3v) is 4.18. The topological polar surface area (TPSA) is 40.2 Å². The lowest BCUT2D eigenvalue weighted by Crippen LogP contribution is -2.42. The van der Waals surface area contributed by atoms with Crippen molar-refractivity contribution in [3.63, 3.8) is 0 Å². The molecule has 3 rings (SSSR count). The summed E-state index contributed by atoms with van der Waals surface area (Å²) in [5.74, 6) is 1.93. The molecule has 98 valence electrons. The van der Waals surface area contributed by atoms with Gasteiger partial charge in [0.2, 0.25) is 0 Å². The van der Waals surface area contributed by atoms with Gasteiger partial charge in [-0.05, 0) is 44.4 Å². The molecule has 2 N–H and O–H groups in total. The maximum atomic E-state index is 4.54. The summed E-state index contributed by atoms with van der Waals surface area (Å²) in [5, 5.41) is 6.67. The number of nitrogens with zero attached hydrogens (tertiary/aromatic N) is 2. The van der Waals surface area contributed by atoms with E-state index in [1.807, 2.05) is 19.2 Å². The Balaban J connectivity index is 1.62. The highest BCUT2D eigenvalue weighted by atomic mass is 15.2. The van der Waals surface area contributed by atoms with E-state index >= 15 is 0 Å². The maximum Gasteiger partial charge on any atom is 0.128 e. The first-order chi connectivity index (χ1) is 8.85. The van der Waals surface area contributed by atoms with E-state index in [4.69, 9.17) is 0 Å². The molecule has 2 unspecified atom stereocenters. The molecule has 2 aliphatic heterocycles. The minimum absolute atomic E-state index is 0.587. The van der Waals surface area contributed by atoms with Crippen molar-refractivity contribution in [2.75, 3.05) is 30.8 Å². The Morgan fingerprint density at radius 2 is 2.11 bits per heavy atom. The minimum atomic E-state index is 0.587. The number of hydrogen-bond acceptors (Lipinski definition) is 4. The largest absolute Gasteiger partial charge is 0.373 e. The van der Waals surface area contributed by atoms with Gasteiger partial charge >= 0.3 is 0 Å². The molecule has 1 aromatic rings. The van der Waals surface area contributed by atoms with Gasteiger partial charge in [-0.3, -0.25) is 0 Å². The SMILES string of the molecule is CNc1cccc(NC2CCN3CCCC3C2)n1. The van der Waals surface area contributed by atoms with Gasteiger partial charge in [-0.2, -0.15) is 0 Å². The molecule has 2 aliphatic rings. The van der Waals surface area contributed by atoms with E-state index in [2.05, 4.69) is 26.6 Å². The van der Waals surface area contributed by atoms with E-state index in [0.29, 0.717) is 6.04 Å². The molecule has 1 aromatic heterocycles. The molecule has 0 spiro atoms. The average molecular weight is 246 g/mol. The van der Waals surface area contributed by atoms with Crippen LogP contribution in [0.2, 0.25) is 0 Å². The monoisotopic (exact) mass is 246 g/mol. The van der Waals surface area contributed by atoms with Gasteiger partial charge < -0.3 is 15.5 Å². The summed E-state index contributed by atoms with van der Waals surface area (Å²) in [4.78, 5) is 7.18. The van der Waals surface area contributed by atoms with Gasteiger partial charge in [-0.1, -0.05) is 6.07 Å². The van der Waals surface area contributed by atoms with Crippen molar-refractivity contribution in [2.45, 2.75) is 37.8 Å². The van der Waals surface area contributed by atoms with Gasteiger partial charge in [-0.25, -0.2) is 4.98 Å². The summed E-state index contributed by atoms with van der Waals surface area (Å²) in [6, 6.07) is 7.49. The van der Waals surface area contributed by atoms with Crippen molar-refractivity contribution >= 4 is 11.6 Å². The van der Waals surface area contributed by atoms with Crippen LogP contribution in [0.15, 0.2) is 18.2 Å². The molecule has 0 amide bonds. The van der Waals surface area contributed by atoms with Crippen LogP contribution in [0.4, 0.5) is 11.6 Å². The summed E-state index contributed by atoms with van der Waals surface area (Å²) in [7, 11) is 1.91. The van der Waals surface area contributed by atoms with Gasteiger partial charge in [0.25, 0.3) is 0 Å². The number of nitrogens with one attached hydrogen (secondary N) is 2. The highest BCUT2D eigenvalue weighted by Crippen LogP contribution is 2.28. The van der Waals surface area contributed by atoms with Crippen molar-refractivity contribution < 1.29 is 0 Å². The van der Waals surface area contributed by atoms with Crippen LogP contribution in [-0.2, 0) is 0 Å². The molecule has 4 nitrogen and oxygen atoms in total. The predicted octanol–water partition coefficient (Wildman–Crippen LogP) is 2.16. The second-order valence-corrected chi connectivity index (χ2v) is 5.36. The summed E-state index contributed by atoms with van der Waals surface area (Å²) >= 11 is 0. The number of aromatic nitrogens is 1. The fraction of sp³-hybridized carbons (Fsp3) is 0.643. The van der Waals surface area contributed by atoms with E-state index < -0.39 is 0 Å². The van der Waals surface area contributed by atoms with Crippen molar-refractivity contribution in [1.82, 2.24) is 9.88 Å². The van der Waals surface area contributed by atoms with Crippen molar-refractivity contribution in [2.24, 2.45) is 0 Å². The predicted molar refractivity (Wildman–Crippen MR) is 75.0 cm³/mol. The fourth-order valence-electron chi connectivity index (χ4n) is 3.22. The zero-order valence-electron chi connectivity index (χ0n) is 11.0. The maximum absolute atomic E-state index is 4.54. The lowest BCUT2D eigenvalue weighted by molar-refractivity contribution is 0.188. The molecule has 0 aliphatic carbocycles. The average Bonchev–Trinajstić information content (AvgIpc) is 2.86. The Labute approximate surface area is 109 Å². The number of pyridine rings is 1. The Morgan fingerprint density at radius 3 is 3.00 bits per heavy atom. The van der Waals surface area contributed by atoms with Crippen LogP contribution < -0.4 is 10.6 Å². The molecule has 2 saturated heterocycles. The second kappa shape index (κ2) is 5.14. The zero-order valence-corrected chi connectivity index (χ0v) is 11.0. The first kappa shape index (κ1) is 11.8. The van der Waals surface area contributed by atoms with E-state index in [1.54, 1.807) is 0 Å². The molecule has 2 atom stereocenters. The summed E-state index contributed by atoms with van der Waals surface area (Å²) in [6.07, 6.45) is 5.26. The van der Waals surface area contributed by atoms with Gasteiger partial charge in [0, 0.05) is 25.7 Å². The first-order valence-electron chi connectivity index (χ1n) is 7.00. The standard InChI is InChI=1S/C14H22N4/c1-15-13-5-2-6-14(17-13)16-11-7-9-18-8-3-4-12(18)10-11/h2,5-6,11-12H,3-4,7-10H2,1H3,(H2,15,16,17). The van der Waals surface area contributed by atoms with E-state index in [-0.39, 0.29) is 0 Å². The Bertz CT molecular complexity index is 407. The molecule has 3 heterocycles. The number of piperidine rings is 1. The smallest absolute Gasteiger partial charge is 0.128 e. The third kappa shape index (κ3) is 2.43. The normalized spacial score (nSPS) is 27.8. The molecule has 0 bridgehead atoms. The van der Waals surface area contributed by atoms with Crippen molar-refractivity contribution in [3.8, 4) is 0 Å². The lowest BCUT2D eigenvalue weighted by atomic mass is 9.97. The Kier molecular flexibility index (Phi) is 3.37. The zero-order chi connectivity index (χ0) is 12.4. The van der Waals surface area contributed by atoms with Crippen LogP contribution in [0.1, 0.15) is 25.7 Å².